The van der Waals surface area contributed by atoms with Gasteiger partial charge >= 0.3 is 0 Å². The lowest BCUT2D eigenvalue weighted by molar-refractivity contribution is 0.0144. The maximum absolute atomic E-state index is 9.25. The molecule has 0 amide bonds. The minimum atomic E-state index is -0.704. The highest BCUT2D eigenvalue weighted by atomic mass is 16.5. The van der Waals surface area contributed by atoms with Crippen molar-refractivity contribution >= 4 is 0 Å². The molecule has 0 bridgehead atoms. The van der Waals surface area contributed by atoms with Gasteiger partial charge in [0.05, 0.1) is 12.2 Å². The molecule has 1 fully saturated rings. The van der Waals surface area contributed by atoms with E-state index in [4.69, 9.17) is 4.74 Å². The first kappa shape index (κ1) is 16.3. The van der Waals surface area contributed by atoms with Crippen LogP contribution in [0.1, 0.15) is 48.0 Å². The Kier molecular flexibility index (Phi) is 11.0. The second-order valence-corrected chi connectivity index (χ2v) is 2.77. The molecule has 0 saturated carbocycles. The van der Waals surface area contributed by atoms with Gasteiger partial charge in [-0.2, -0.15) is 0 Å². The molecule has 2 N–H and O–H groups in total. The lowest BCUT2D eigenvalue weighted by Gasteiger charge is -2.10. The number of ether oxygens (including phenoxy) is 1. The fourth-order valence-electron chi connectivity index (χ4n) is 1.27. The first-order chi connectivity index (χ1) is 6.66. The molecule has 14 heavy (non-hydrogen) atoms. The van der Waals surface area contributed by atoms with Crippen LogP contribution in [-0.4, -0.2) is 34.6 Å². The second kappa shape index (κ2) is 9.44. The SMILES string of the molecule is CC.CC.CCC1OC(C)C(O)C1O. The van der Waals surface area contributed by atoms with Gasteiger partial charge in [0.1, 0.15) is 12.2 Å². The van der Waals surface area contributed by atoms with Crippen LogP contribution in [0.2, 0.25) is 0 Å². The fraction of sp³-hybridized carbons (Fsp3) is 1.00. The molecular formula is C11H26O3. The fourth-order valence-corrected chi connectivity index (χ4v) is 1.27. The van der Waals surface area contributed by atoms with Crippen LogP contribution < -0.4 is 0 Å². The molecule has 0 spiro atoms. The first-order valence-corrected chi connectivity index (χ1v) is 5.68. The van der Waals surface area contributed by atoms with E-state index >= 15 is 0 Å². The van der Waals surface area contributed by atoms with Gasteiger partial charge in [-0.15, -0.1) is 0 Å². The third-order valence-corrected chi connectivity index (χ3v) is 2.00. The summed E-state index contributed by atoms with van der Waals surface area (Å²) in [4.78, 5) is 0. The van der Waals surface area contributed by atoms with E-state index in [0.717, 1.165) is 6.42 Å². The van der Waals surface area contributed by atoms with E-state index in [1.807, 2.05) is 34.6 Å². The predicted octanol–water partition coefficient (Wildman–Crippen LogP) is 1.96. The molecule has 4 atom stereocenters. The number of hydrogen-bond acceptors (Lipinski definition) is 3. The van der Waals surface area contributed by atoms with E-state index < -0.39 is 12.2 Å². The molecule has 0 aliphatic carbocycles. The van der Waals surface area contributed by atoms with Gasteiger partial charge in [0.15, 0.2) is 0 Å². The Labute approximate surface area is 88.1 Å². The van der Waals surface area contributed by atoms with Crippen LogP contribution >= 0.6 is 0 Å². The Bertz CT molecular complexity index is 117. The average Bonchev–Trinajstić information content (AvgIpc) is 2.51. The van der Waals surface area contributed by atoms with E-state index in [2.05, 4.69) is 0 Å². The summed E-state index contributed by atoms with van der Waals surface area (Å²) in [6, 6.07) is 0. The molecule has 88 valence electrons. The van der Waals surface area contributed by atoms with Gasteiger partial charge in [0, 0.05) is 0 Å². The van der Waals surface area contributed by atoms with Crippen LogP contribution in [-0.2, 0) is 4.74 Å². The van der Waals surface area contributed by atoms with Crippen molar-refractivity contribution in [2.45, 2.75) is 72.4 Å². The van der Waals surface area contributed by atoms with Crippen LogP contribution in [0, 0.1) is 0 Å². The molecule has 0 aromatic rings. The molecule has 3 heteroatoms. The molecule has 3 nitrogen and oxygen atoms in total. The van der Waals surface area contributed by atoms with Gasteiger partial charge in [0.2, 0.25) is 0 Å². The van der Waals surface area contributed by atoms with Crippen molar-refractivity contribution in [1.29, 1.82) is 0 Å². The van der Waals surface area contributed by atoms with Gasteiger partial charge in [0.25, 0.3) is 0 Å². The van der Waals surface area contributed by atoms with E-state index in [0.29, 0.717) is 0 Å². The summed E-state index contributed by atoms with van der Waals surface area (Å²) in [6.45, 7) is 11.7. The Hall–Kier alpha value is -0.120. The van der Waals surface area contributed by atoms with Gasteiger partial charge in [-0.3, -0.25) is 0 Å². The first-order valence-electron chi connectivity index (χ1n) is 5.68. The van der Waals surface area contributed by atoms with Crippen molar-refractivity contribution in [3.63, 3.8) is 0 Å². The van der Waals surface area contributed by atoms with Crippen LogP contribution in [0.4, 0.5) is 0 Å². The molecule has 1 aliphatic rings. The minimum absolute atomic E-state index is 0.176. The molecule has 0 aromatic carbocycles. The summed E-state index contributed by atoms with van der Waals surface area (Å²) in [7, 11) is 0. The topological polar surface area (TPSA) is 49.7 Å². The predicted molar refractivity (Wildman–Crippen MR) is 59.3 cm³/mol. The van der Waals surface area contributed by atoms with Gasteiger partial charge in [-0.25, -0.2) is 0 Å². The average molecular weight is 206 g/mol. The van der Waals surface area contributed by atoms with Crippen molar-refractivity contribution < 1.29 is 14.9 Å². The molecule has 1 saturated heterocycles. The van der Waals surface area contributed by atoms with Crippen molar-refractivity contribution in [1.82, 2.24) is 0 Å². The van der Waals surface area contributed by atoms with Crippen LogP contribution in [0.5, 0.6) is 0 Å². The third-order valence-electron chi connectivity index (χ3n) is 2.00. The van der Waals surface area contributed by atoms with Crippen LogP contribution in [0.25, 0.3) is 0 Å². The largest absolute Gasteiger partial charge is 0.388 e. The summed E-state index contributed by atoms with van der Waals surface area (Å²) in [6.07, 6.45) is -1.04. The van der Waals surface area contributed by atoms with Crippen LogP contribution in [0.3, 0.4) is 0 Å². The second-order valence-electron chi connectivity index (χ2n) is 2.77. The normalized spacial score (nSPS) is 35.1. The van der Waals surface area contributed by atoms with Crippen molar-refractivity contribution in [3.05, 3.63) is 0 Å². The number of rotatable bonds is 1. The van der Waals surface area contributed by atoms with Crippen molar-refractivity contribution in [3.8, 4) is 0 Å². The van der Waals surface area contributed by atoms with Gasteiger partial charge in [-0.1, -0.05) is 34.6 Å². The molecule has 0 aromatic heterocycles. The smallest absolute Gasteiger partial charge is 0.108 e. The zero-order valence-electron chi connectivity index (χ0n) is 10.3. The van der Waals surface area contributed by atoms with E-state index in [1.54, 1.807) is 6.92 Å². The molecule has 1 rings (SSSR count). The Morgan fingerprint density at radius 1 is 1.00 bits per heavy atom. The summed E-state index contributed by atoms with van der Waals surface area (Å²) in [5.41, 5.74) is 0. The van der Waals surface area contributed by atoms with Gasteiger partial charge in [-0.05, 0) is 13.3 Å². The summed E-state index contributed by atoms with van der Waals surface area (Å²) in [5.74, 6) is 0. The lowest BCUT2D eigenvalue weighted by Crippen LogP contribution is -2.31. The monoisotopic (exact) mass is 206 g/mol. The highest BCUT2D eigenvalue weighted by Gasteiger charge is 2.38. The maximum atomic E-state index is 9.25. The number of aliphatic hydroxyl groups excluding tert-OH is 2. The lowest BCUT2D eigenvalue weighted by atomic mass is 10.1. The van der Waals surface area contributed by atoms with Crippen molar-refractivity contribution in [2.24, 2.45) is 0 Å². The van der Waals surface area contributed by atoms with E-state index in [9.17, 15) is 10.2 Å². The molecular weight excluding hydrogens is 180 g/mol. The molecule has 0 radical (unpaired) electrons. The number of aliphatic hydroxyl groups is 2. The Morgan fingerprint density at radius 2 is 1.43 bits per heavy atom. The summed E-state index contributed by atoms with van der Waals surface area (Å²) in [5, 5.41) is 18.4. The molecule has 4 unspecified atom stereocenters. The third kappa shape index (κ3) is 4.40. The van der Waals surface area contributed by atoms with Crippen LogP contribution in [0.15, 0.2) is 0 Å². The molecule has 1 aliphatic heterocycles. The standard InChI is InChI=1S/C7H14O3.2C2H6/c1-3-5-7(9)6(8)4(2)10-5;2*1-2/h4-9H,3H2,1-2H3;2*1-2H3. The zero-order chi connectivity index (χ0) is 11.7. The zero-order valence-corrected chi connectivity index (χ0v) is 10.3. The minimum Gasteiger partial charge on any atom is -0.388 e. The van der Waals surface area contributed by atoms with E-state index in [-0.39, 0.29) is 12.2 Å². The van der Waals surface area contributed by atoms with Crippen molar-refractivity contribution in [2.75, 3.05) is 0 Å². The van der Waals surface area contributed by atoms with Gasteiger partial charge < -0.3 is 14.9 Å². The molecule has 1 heterocycles. The maximum Gasteiger partial charge on any atom is 0.108 e. The number of hydrogen-bond donors (Lipinski definition) is 2. The Balaban J connectivity index is 0. The quantitative estimate of drug-likeness (QED) is 0.689. The summed E-state index contributed by atoms with van der Waals surface area (Å²) < 4.78 is 5.23. The summed E-state index contributed by atoms with van der Waals surface area (Å²) >= 11 is 0. The highest BCUT2D eigenvalue weighted by molar-refractivity contribution is 4.87. The van der Waals surface area contributed by atoms with E-state index in [1.165, 1.54) is 0 Å². The highest BCUT2D eigenvalue weighted by Crippen LogP contribution is 2.22. The Morgan fingerprint density at radius 3 is 1.57 bits per heavy atom.